The summed E-state index contributed by atoms with van der Waals surface area (Å²) < 4.78 is 5.56. The number of fused-ring (bicyclic) bond motifs is 1. The number of nitrogens with two attached hydrogens (primary N) is 1. The molecule has 2 N–H and O–H groups in total. The quantitative estimate of drug-likeness (QED) is 0.902. The van der Waals surface area contributed by atoms with Gasteiger partial charge in [-0.25, -0.2) is 0 Å². The van der Waals surface area contributed by atoms with E-state index in [1.54, 1.807) is 0 Å². The molecule has 0 aromatic heterocycles. The Hall–Kier alpha value is -1.06. The summed E-state index contributed by atoms with van der Waals surface area (Å²) in [5, 5.41) is 0. The molecule has 19 heavy (non-hydrogen) atoms. The van der Waals surface area contributed by atoms with Gasteiger partial charge < -0.3 is 10.5 Å². The van der Waals surface area contributed by atoms with Gasteiger partial charge in [-0.3, -0.25) is 4.90 Å². The van der Waals surface area contributed by atoms with E-state index in [4.69, 9.17) is 10.5 Å². The summed E-state index contributed by atoms with van der Waals surface area (Å²) in [6.07, 6.45) is 4.91. The number of benzene rings is 1. The van der Waals surface area contributed by atoms with Crippen LogP contribution in [0.1, 0.15) is 30.4 Å². The van der Waals surface area contributed by atoms with Crippen molar-refractivity contribution in [3.8, 4) is 5.75 Å². The molecule has 2 aliphatic heterocycles. The van der Waals surface area contributed by atoms with Crippen molar-refractivity contribution in [1.29, 1.82) is 0 Å². The van der Waals surface area contributed by atoms with E-state index in [9.17, 15) is 0 Å². The smallest absolute Gasteiger partial charge is 0.122 e. The summed E-state index contributed by atoms with van der Waals surface area (Å²) in [6.45, 7) is 5.20. The van der Waals surface area contributed by atoms with Gasteiger partial charge in [0.05, 0.1) is 6.61 Å². The van der Waals surface area contributed by atoms with E-state index in [2.05, 4.69) is 23.1 Å². The van der Waals surface area contributed by atoms with Gasteiger partial charge in [-0.05, 0) is 55.5 Å². The molecule has 2 heterocycles. The van der Waals surface area contributed by atoms with Gasteiger partial charge in [0.2, 0.25) is 0 Å². The van der Waals surface area contributed by atoms with Crippen LogP contribution in [0, 0.1) is 5.92 Å². The Morgan fingerprint density at radius 3 is 3.21 bits per heavy atom. The maximum absolute atomic E-state index is 5.69. The lowest BCUT2D eigenvalue weighted by Crippen LogP contribution is -2.35. The molecule has 1 aromatic rings. The molecule has 104 valence electrons. The molecule has 0 spiro atoms. The molecule has 0 saturated carbocycles. The maximum Gasteiger partial charge on any atom is 0.122 e. The fourth-order valence-corrected chi connectivity index (χ4v) is 3.36. The highest BCUT2D eigenvalue weighted by molar-refractivity contribution is 5.39. The first-order valence-corrected chi connectivity index (χ1v) is 7.52. The Balaban J connectivity index is 1.61. The lowest BCUT2D eigenvalue weighted by Gasteiger charge is -2.32. The summed E-state index contributed by atoms with van der Waals surface area (Å²) in [5.41, 5.74) is 8.50. The molecule has 1 atom stereocenters. The third-order valence-electron chi connectivity index (χ3n) is 4.34. The molecule has 0 amide bonds. The molecule has 3 nitrogen and oxygen atoms in total. The van der Waals surface area contributed by atoms with E-state index < -0.39 is 0 Å². The first kappa shape index (κ1) is 12.9. The lowest BCUT2D eigenvalue weighted by molar-refractivity contribution is 0.163. The third kappa shape index (κ3) is 3.10. The van der Waals surface area contributed by atoms with E-state index in [0.29, 0.717) is 0 Å². The van der Waals surface area contributed by atoms with Crippen LogP contribution in [-0.4, -0.2) is 31.1 Å². The van der Waals surface area contributed by atoms with E-state index in [-0.39, 0.29) is 0 Å². The monoisotopic (exact) mass is 260 g/mol. The van der Waals surface area contributed by atoms with Crippen LogP contribution in [0.5, 0.6) is 5.75 Å². The Morgan fingerprint density at radius 1 is 1.37 bits per heavy atom. The fraction of sp³-hybridized carbons (Fsp3) is 0.625. The van der Waals surface area contributed by atoms with Gasteiger partial charge in [0.25, 0.3) is 0 Å². The summed E-state index contributed by atoms with van der Waals surface area (Å²) in [4.78, 5) is 2.58. The average Bonchev–Trinajstić information content (AvgIpc) is 2.87. The topological polar surface area (TPSA) is 38.5 Å². The Bertz CT molecular complexity index is 431. The first-order chi connectivity index (χ1) is 9.35. The van der Waals surface area contributed by atoms with Crippen LogP contribution in [0.25, 0.3) is 0 Å². The van der Waals surface area contributed by atoms with Crippen LogP contribution in [-0.2, 0) is 13.0 Å². The zero-order chi connectivity index (χ0) is 13.1. The van der Waals surface area contributed by atoms with E-state index in [1.165, 1.54) is 43.5 Å². The second-order valence-corrected chi connectivity index (χ2v) is 5.86. The highest BCUT2D eigenvalue weighted by atomic mass is 16.5. The van der Waals surface area contributed by atoms with Gasteiger partial charge in [-0.15, -0.1) is 0 Å². The SMILES string of the molecule is NCCC1CCCN(Cc2ccc3c(c2)CCO3)C1. The van der Waals surface area contributed by atoms with Crippen LogP contribution in [0.2, 0.25) is 0 Å². The second kappa shape index (κ2) is 5.93. The summed E-state index contributed by atoms with van der Waals surface area (Å²) >= 11 is 0. The van der Waals surface area contributed by atoms with Gasteiger partial charge in [0, 0.05) is 19.5 Å². The fourth-order valence-electron chi connectivity index (χ4n) is 3.36. The average molecular weight is 260 g/mol. The second-order valence-electron chi connectivity index (χ2n) is 5.86. The van der Waals surface area contributed by atoms with Crippen molar-refractivity contribution in [3.05, 3.63) is 29.3 Å². The first-order valence-electron chi connectivity index (χ1n) is 7.52. The van der Waals surface area contributed by atoms with Crippen molar-refractivity contribution >= 4 is 0 Å². The van der Waals surface area contributed by atoms with Crippen molar-refractivity contribution in [1.82, 2.24) is 4.90 Å². The minimum absolute atomic E-state index is 0.802. The van der Waals surface area contributed by atoms with Crippen molar-refractivity contribution in [2.45, 2.75) is 32.2 Å². The normalized spacial score (nSPS) is 23.1. The molecule has 0 bridgehead atoms. The molecular weight excluding hydrogens is 236 g/mol. The molecule has 3 heteroatoms. The summed E-state index contributed by atoms with van der Waals surface area (Å²) in [5.74, 6) is 1.89. The van der Waals surface area contributed by atoms with Crippen LogP contribution in [0.4, 0.5) is 0 Å². The molecule has 3 rings (SSSR count). The molecule has 1 fully saturated rings. The van der Waals surface area contributed by atoms with Gasteiger partial charge in [0.15, 0.2) is 0 Å². The number of nitrogens with zero attached hydrogens (tertiary/aromatic N) is 1. The molecule has 1 unspecified atom stereocenters. The molecule has 2 aliphatic rings. The lowest BCUT2D eigenvalue weighted by atomic mass is 9.94. The number of piperidine rings is 1. The Labute approximate surface area is 115 Å². The highest BCUT2D eigenvalue weighted by Crippen LogP contribution is 2.27. The van der Waals surface area contributed by atoms with Gasteiger partial charge in [-0.2, -0.15) is 0 Å². The summed E-state index contributed by atoms with van der Waals surface area (Å²) in [7, 11) is 0. The van der Waals surface area contributed by atoms with Gasteiger partial charge in [0.1, 0.15) is 5.75 Å². The largest absolute Gasteiger partial charge is 0.493 e. The van der Waals surface area contributed by atoms with Crippen LogP contribution in [0.15, 0.2) is 18.2 Å². The predicted octanol–water partition coefficient (Wildman–Crippen LogP) is 2.18. The van der Waals surface area contributed by atoms with Gasteiger partial charge >= 0.3 is 0 Å². The standard InChI is InChI=1S/C16H24N2O/c17-7-5-13-2-1-8-18(11-13)12-14-3-4-16-15(10-14)6-9-19-16/h3-4,10,13H,1-2,5-9,11-12,17H2. The molecular formula is C16H24N2O. The van der Waals surface area contributed by atoms with Crippen molar-refractivity contribution in [3.63, 3.8) is 0 Å². The number of ether oxygens (including phenoxy) is 1. The highest BCUT2D eigenvalue weighted by Gasteiger charge is 2.20. The van der Waals surface area contributed by atoms with Crippen LogP contribution < -0.4 is 10.5 Å². The minimum atomic E-state index is 0.802. The van der Waals surface area contributed by atoms with Crippen molar-refractivity contribution < 1.29 is 4.74 Å². The number of hydrogen-bond acceptors (Lipinski definition) is 3. The Morgan fingerprint density at radius 2 is 2.32 bits per heavy atom. The molecule has 1 aromatic carbocycles. The number of likely N-dealkylation sites (tertiary alicyclic amines) is 1. The number of hydrogen-bond donors (Lipinski definition) is 1. The van der Waals surface area contributed by atoms with E-state index in [0.717, 1.165) is 37.8 Å². The third-order valence-corrected chi connectivity index (χ3v) is 4.34. The van der Waals surface area contributed by atoms with Gasteiger partial charge in [-0.1, -0.05) is 12.1 Å². The van der Waals surface area contributed by atoms with E-state index >= 15 is 0 Å². The molecule has 0 aliphatic carbocycles. The maximum atomic E-state index is 5.69. The molecule has 1 saturated heterocycles. The zero-order valence-corrected chi connectivity index (χ0v) is 11.6. The number of rotatable bonds is 4. The predicted molar refractivity (Wildman–Crippen MR) is 77.3 cm³/mol. The molecule has 0 radical (unpaired) electrons. The van der Waals surface area contributed by atoms with Crippen LogP contribution in [0.3, 0.4) is 0 Å². The van der Waals surface area contributed by atoms with Crippen LogP contribution >= 0.6 is 0 Å². The zero-order valence-electron chi connectivity index (χ0n) is 11.6. The van der Waals surface area contributed by atoms with Crippen molar-refractivity contribution in [2.75, 3.05) is 26.2 Å². The van der Waals surface area contributed by atoms with Crippen molar-refractivity contribution in [2.24, 2.45) is 11.7 Å². The minimum Gasteiger partial charge on any atom is -0.493 e. The Kier molecular flexibility index (Phi) is 4.04. The summed E-state index contributed by atoms with van der Waals surface area (Å²) in [6, 6.07) is 6.69. The van der Waals surface area contributed by atoms with E-state index in [1.807, 2.05) is 0 Å².